The lowest BCUT2D eigenvalue weighted by Crippen LogP contribution is -2.20. The Morgan fingerprint density at radius 1 is 0.923 bits per heavy atom. The number of aromatic nitrogens is 1. The van der Waals surface area contributed by atoms with Crippen LogP contribution in [0, 0.1) is 0 Å². The molecule has 0 amide bonds. The predicted octanol–water partition coefficient (Wildman–Crippen LogP) is 5.76. The van der Waals surface area contributed by atoms with Gasteiger partial charge in [0, 0.05) is 12.0 Å². The van der Waals surface area contributed by atoms with E-state index in [2.05, 4.69) is 62.2 Å². The van der Waals surface area contributed by atoms with Crippen molar-refractivity contribution in [3.05, 3.63) is 66.2 Å². The number of nitrogens with zero attached hydrogens (tertiary/aromatic N) is 1. The van der Waals surface area contributed by atoms with E-state index in [-0.39, 0.29) is 6.29 Å². The average Bonchev–Trinajstić information content (AvgIpc) is 3.30. The van der Waals surface area contributed by atoms with Gasteiger partial charge in [-0.3, -0.25) is 0 Å². The lowest BCUT2D eigenvalue weighted by Gasteiger charge is -2.16. The molecule has 26 heavy (non-hydrogen) atoms. The maximum atomic E-state index is 6.03. The second-order valence-electron chi connectivity index (χ2n) is 7.15. The molecular formula is C22H23NO3. The molecule has 0 bridgehead atoms. The van der Waals surface area contributed by atoms with E-state index in [9.17, 15) is 0 Å². The standard InChI is InChI=1S/C22H23NO3/c1-14(2)18-8-9-19-20(11-18)26-22(25-19)10-15(3)16-4-6-17(7-5-16)21-12-23-13-24-21/h4-9,11-15,22H,10H2,1-3H3. The summed E-state index contributed by atoms with van der Waals surface area (Å²) in [6.45, 7) is 6.55. The Kier molecular flexibility index (Phi) is 4.41. The van der Waals surface area contributed by atoms with E-state index in [1.807, 2.05) is 6.07 Å². The van der Waals surface area contributed by atoms with Gasteiger partial charge in [-0.1, -0.05) is 51.1 Å². The van der Waals surface area contributed by atoms with Crippen LogP contribution in [0.5, 0.6) is 11.5 Å². The van der Waals surface area contributed by atoms with Crippen LogP contribution in [0.15, 0.2) is 59.5 Å². The Hall–Kier alpha value is -2.75. The van der Waals surface area contributed by atoms with E-state index in [4.69, 9.17) is 13.9 Å². The minimum atomic E-state index is -0.239. The van der Waals surface area contributed by atoms with E-state index in [0.717, 1.165) is 29.2 Å². The Labute approximate surface area is 153 Å². The van der Waals surface area contributed by atoms with Crippen LogP contribution in [0.1, 0.15) is 50.2 Å². The van der Waals surface area contributed by atoms with Crippen molar-refractivity contribution in [1.29, 1.82) is 0 Å². The van der Waals surface area contributed by atoms with Crippen LogP contribution in [-0.2, 0) is 0 Å². The smallest absolute Gasteiger partial charge is 0.242 e. The number of benzene rings is 2. The van der Waals surface area contributed by atoms with Crippen LogP contribution in [0.2, 0.25) is 0 Å². The summed E-state index contributed by atoms with van der Waals surface area (Å²) in [5.74, 6) is 3.27. The molecule has 2 aromatic carbocycles. The van der Waals surface area contributed by atoms with E-state index in [1.54, 1.807) is 6.20 Å². The number of hydrogen-bond donors (Lipinski definition) is 0. The predicted molar refractivity (Wildman–Crippen MR) is 101 cm³/mol. The highest BCUT2D eigenvalue weighted by atomic mass is 16.7. The number of oxazole rings is 1. The molecule has 134 valence electrons. The second-order valence-corrected chi connectivity index (χ2v) is 7.15. The molecule has 0 radical (unpaired) electrons. The lowest BCUT2D eigenvalue weighted by atomic mass is 9.96. The number of hydrogen-bond acceptors (Lipinski definition) is 4. The fourth-order valence-corrected chi connectivity index (χ4v) is 3.24. The molecule has 1 aliphatic heterocycles. The van der Waals surface area contributed by atoms with Gasteiger partial charge in [-0.15, -0.1) is 0 Å². The van der Waals surface area contributed by atoms with E-state index >= 15 is 0 Å². The summed E-state index contributed by atoms with van der Waals surface area (Å²) in [5.41, 5.74) is 3.55. The summed E-state index contributed by atoms with van der Waals surface area (Å²) >= 11 is 0. The average molecular weight is 349 g/mol. The number of rotatable bonds is 5. The van der Waals surface area contributed by atoms with Gasteiger partial charge in [0.15, 0.2) is 23.7 Å². The molecule has 0 saturated carbocycles. The Morgan fingerprint density at radius 3 is 2.35 bits per heavy atom. The minimum absolute atomic E-state index is 0.239. The first kappa shape index (κ1) is 16.7. The highest BCUT2D eigenvalue weighted by Gasteiger charge is 2.26. The summed E-state index contributed by atoms with van der Waals surface area (Å²) in [7, 11) is 0. The minimum Gasteiger partial charge on any atom is -0.451 e. The van der Waals surface area contributed by atoms with Crippen molar-refractivity contribution < 1.29 is 13.9 Å². The highest BCUT2D eigenvalue weighted by Crippen LogP contribution is 2.39. The third kappa shape index (κ3) is 3.32. The third-order valence-electron chi connectivity index (χ3n) is 4.89. The van der Waals surface area contributed by atoms with Gasteiger partial charge in [0.25, 0.3) is 0 Å². The van der Waals surface area contributed by atoms with E-state index < -0.39 is 0 Å². The van der Waals surface area contributed by atoms with Gasteiger partial charge in [-0.2, -0.15) is 0 Å². The van der Waals surface area contributed by atoms with Gasteiger partial charge in [0.05, 0.1) is 6.20 Å². The normalized spacial score (nSPS) is 16.8. The van der Waals surface area contributed by atoms with Crippen molar-refractivity contribution >= 4 is 0 Å². The quantitative estimate of drug-likeness (QED) is 0.588. The lowest BCUT2D eigenvalue weighted by molar-refractivity contribution is 0.0367. The van der Waals surface area contributed by atoms with Crippen molar-refractivity contribution in [2.45, 2.75) is 45.3 Å². The van der Waals surface area contributed by atoms with E-state index in [0.29, 0.717) is 11.8 Å². The molecule has 4 heteroatoms. The van der Waals surface area contributed by atoms with Crippen molar-refractivity contribution in [2.24, 2.45) is 0 Å². The molecule has 0 saturated heterocycles. The van der Waals surface area contributed by atoms with Crippen LogP contribution >= 0.6 is 0 Å². The second kappa shape index (κ2) is 6.87. The van der Waals surface area contributed by atoms with Gasteiger partial charge >= 0.3 is 0 Å². The van der Waals surface area contributed by atoms with Crippen LogP contribution < -0.4 is 9.47 Å². The molecule has 0 aliphatic carbocycles. The first-order chi connectivity index (χ1) is 12.6. The molecule has 0 N–H and O–H groups in total. The van der Waals surface area contributed by atoms with Crippen molar-refractivity contribution in [3.8, 4) is 22.8 Å². The Bertz CT molecular complexity index is 869. The van der Waals surface area contributed by atoms with Gasteiger partial charge in [-0.25, -0.2) is 4.98 Å². The summed E-state index contributed by atoms with van der Waals surface area (Å²) in [5, 5.41) is 0. The highest BCUT2D eigenvalue weighted by molar-refractivity contribution is 5.56. The molecule has 0 fully saturated rings. The molecule has 1 aromatic heterocycles. The fraction of sp³-hybridized carbons (Fsp3) is 0.318. The molecule has 0 spiro atoms. The molecule has 4 nitrogen and oxygen atoms in total. The summed E-state index contributed by atoms with van der Waals surface area (Å²) < 4.78 is 17.3. The summed E-state index contributed by atoms with van der Waals surface area (Å²) in [6, 6.07) is 14.6. The van der Waals surface area contributed by atoms with Crippen LogP contribution in [-0.4, -0.2) is 11.3 Å². The maximum Gasteiger partial charge on any atom is 0.242 e. The van der Waals surface area contributed by atoms with Crippen LogP contribution in [0.25, 0.3) is 11.3 Å². The van der Waals surface area contributed by atoms with Gasteiger partial charge in [0.2, 0.25) is 6.29 Å². The molecule has 4 rings (SSSR count). The van der Waals surface area contributed by atoms with Crippen molar-refractivity contribution in [3.63, 3.8) is 0 Å². The monoisotopic (exact) mass is 349 g/mol. The molecule has 2 unspecified atom stereocenters. The zero-order chi connectivity index (χ0) is 18.1. The SMILES string of the molecule is CC(C)c1ccc2c(c1)OC(CC(C)c1ccc(-c3cnco3)cc1)O2. The number of ether oxygens (including phenoxy) is 2. The van der Waals surface area contributed by atoms with Gasteiger partial charge in [0.1, 0.15) is 0 Å². The molecule has 3 aromatic rings. The zero-order valence-corrected chi connectivity index (χ0v) is 15.3. The van der Waals surface area contributed by atoms with Crippen LogP contribution in [0.4, 0.5) is 0 Å². The molecule has 2 heterocycles. The zero-order valence-electron chi connectivity index (χ0n) is 15.3. The molecule has 1 aliphatic rings. The number of fused-ring (bicyclic) bond motifs is 1. The van der Waals surface area contributed by atoms with Crippen LogP contribution in [0.3, 0.4) is 0 Å². The summed E-state index contributed by atoms with van der Waals surface area (Å²) in [6.07, 6.45) is 3.73. The third-order valence-corrected chi connectivity index (χ3v) is 4.89. The van der Waals surface area contributed by atoms with Crippen molar-refractivity contribution in [2.75, 3.05) is 0 Å². The summed E-state index contributed by atoms with van der Waals surface area (Å²) in [4.78, 5) is 3.96. The van der Waals surface area contributed by atoms with Crippen molar-refractivity contribution in [1.82, 2.24) is 4.98 Å². The molecule has 2 atom stereocenters. The largest absolute Gasteiger partial charge is 0.451 e. The molecular weight excluding hydrogens is 326 g/mol. The first-order valence-electron chi connectivity index (χ1n) is 9.06. The maximum absolute atomic E-state index is 6.03. The van der Waals surface area contributed by atoms with E-state index in [1.165, 1.54) is 17.5 Å². The fourth-order valence-electron chi connectivity index (χ4n) is 3.24. The van der Waals surface area contributed by atoms with Gasteiger partial charge < -0.3 is 13.9 Å². The Balaban J connectivity index is 1.41. The first-order valence-corrected chi connectivity index (χ1v) is 9.06. The van der Waals surface area contributed by atoms with Gasteiger partial charge in [-0.05, 0) is 35.1 Å². The topological polar surface area (TPSA) is 44.5 Å². The Morgan fingerprint density at radius 2 is 1.65 bits per heavy atom.